The molecule has 180 valence electrons. The molecule has 0 saturated carbocycles. The maximum atomic E-state index is 13.2. The summed E-state index contributed by atoms with van der Waals surface area (Å²) in [5, 5.41) is 1.89. The molecule has 0 unspecified atom stereocenters. The monoisotopic (exact) mass is 496 g/mol. The molecule has 1 saturated heterocycles. The maximum Gasteiger partial charge on any atom is 0.253 e. The summed E-state index contributed by atoms with van der Waals surface area (Å²) in [7, 11) is -3.63. The molecule has 1 aliphatic rings. The molecule has 5 aromatic rings. The summed E-state index contributed by atoms with van der Waals surface area (Å²) < 4.78 is 29.9. The molecule has 1 amide bonds. The Morgan fingerprint density at radius 3 is 2.22 bits per heavy atom. The van der Waals surface area contributed by atoms with Gasteiger partial charge in [-0.25, -0.2) is 13.4 Å². The van der Waals surface area contributed by atoms with E-state index in [4.69, 9.17) is 0 Å². The second-order valence-corrected chi connectivity index (χ2v) is 10.8. The fourth-order valence-electron chi connectivity index (χ4n) is 4.72. The van der Waals surface area contributed by atoms with Crippen molar-refractivity contribution in [1.82, 2.24) is 18.8 Å². The number of amides is 1. The molecular weight excluding hydrogens is 472 g/mol. The van der Waals surface area contributed by atoms with Gasteiger partial charge in [-0.2, -0.15) is 4.31 Å². The molecule has 1 fully saturated rings. The molecule has 8 heteroatoms. The number of nitrogens with zero attached hydrogens (tertiary/aromatic N) is 4. The van der Waals surface area contributed by atoms with Gasteiger partial charge < -0.3 is 4.90 Å². The van der Waals surface area contributed by atoms with Crippen LogP contribution in [0.2, 0.25) is 0 Å². The Hall–Kier alpha value is -4.01. The van der Waals surface area contributed by atoms with Gasteiger partial charge in [0.05, 0.1) is 15.9 Å². The first-order chi connectivity index (χ1) is 17.5. The number of benzene rings is 4. The van der Waals surface area contributed by atoms with Gasteiger partial charge in [0.2, 0.25) is 10.0 Å². The van der Waals surface area contributed by atoms with Crippen LogP contribution in [-0.4, -0.2) is 59.3 Å². The summed E-state index contributed by atoms with van der Waals surface area (Å²) in [5.41, 5.74) is 3.41. The van der Waals surface area contributed by atoms with Crippen LogP contribution >= 0.6 is 0 Å². The van der Waals surface area contributed by atoms with Gasteiger partial charge in [-0.3, -0.25) is 9.36 Å². The fraction of sp³-hybridized carbons (Fsp3) is 0.143. The van der Waals surface area contributed by atoms with Crippen LogP contribution in [0.4, 0.5) is 0 Å². The highest BCUT2D eigenvalue weighted by atomic mass is 32.2. The molecule has 36 heavy (non-hydrogen) atoms. The molecule has 4 aromatic carbocycles. The van der Waals surface area contributed by atoms with Gasteiger partial charge in [-0.15, -0.1) is 0 Å². The van der Waals surface area contributed by atoms with Gasteiger partial charge in [-0.1, -0.05) is 42.5 Å². The predicted molar refractivity (Wildman–Crippen MR) is 140 cm³/mol. The number of sulfonamides is 1. The lowest BCUT2D eigenvalue weighted by Crippen LogP contribution is -2.50. The topological polar surface area (TPSA) is 75.5 Å². The van der Waals surface area contributed by atoms with Gasteiger partial charge in [0.1, 0.15) is 6.33 Å². The Kier molecular flexibility index (Phi) is 5.55. The number of hydrogen-bond acceptors (Lipinski definition) is 4. The van der Waals surface area contributed by atoms with E-state index in [1.165, 1.54) is 4.31 Å². The largest absolute Gasteiger partial charge is 0.336 e. The van der Waals surface area contributed by atoms with Crippen LogP contribution in [0.15, 0.2) is 102 Å². The molecule has 0 spiro atoms. The van der Waals surface area contributed by atoms with Crippen LogP contribution in [0.3, 0.4) is 0 Å². The number of rotatable bonds is 4. The van der Waals surface area contributed by atoms with E-state index in [1.54, 1.807) is 23.4 Å². The van der Waals surface area contributed by atoms with Crippen LogP contribution in [0.25, 0.3) is 27.5 Å². The van der Waals surface area contributed by atoms with Gasteiger partial charge in [0.25, 0.3) is 5.91 Å². The quantitative estimate of drug-likeness (QED) is 0.371. The van der Waals surface area contributed by atoms with Gasteiger partial charge in [-0.05, 0) is 59.3 Å². The van der Waals surface area contributed by atoms with Crippen molar-refractivity contribution in [3.05, 3.63) is 103 Å². The minimum Gasteiger partial charge on any atom is -0.336 e. The Bertz CT molecular complexity index is 1690. The summed E-state index contributed by atoms with van der Waals surface area (Å²) in [6.07, 6.45) is 1.77. The Morgan fingerprint density at radius 2 is 1.44 bits per heavy atom. The van der Waals surface area contributed by atoms with E-state index in [0.29, 0.717) is 18.7 Å². The molecule has 7 nitrogen and oxygen atoms in total. The normalized spacial score (nSPS) is 14.9. The molecule has 1 aromatic heterocycles. The fourth-order valence-corrected chi connectivity index (χ4v) is 6.18. The van der Waals surface area contributed by atoms with E-state index >= 15 is 0 Å². The number of carbonyl (C=O) groups is 1. The number of fused-ring (bicyclic) bond motifs is 2. The van der Waals surface area contributed by atoms with E-state index in [2.05, 4.69) is 4.98 Å². The minimum absolute atomic E-state index is 0.0974. The number of carbonyl (C=O) groups excluding carboxylic acids is 1. The minimum atomic E-state index is -3.63. The van der Waals surface area contributed by atoms with E-state index in [0.717, 1.165) is 27.5 Å². The number of piperazine rings is 1. The lowest BCUT2D eigenvalue weighted by molar-refractivity contribution is 0.0698. The van der Waals surface area contributed by atoms with Gasteiger partial charge in [0.15, 0.2) is 0 Å². The van der Waals surface area contributed by atoms with Gasteiger partial charge >= 0.3 is 0 Å². The highest BCUT2D eigenvalue weighted by Crippen LogP contribution is 2.24. The van der Waals surface area contributed by atoms with Crippen molar-refractivity contribution >= 4 is 37.7 Å². The molecule has 6 rings (SSSR count). The van der Waals surface area contributed by atoms with E-state index in [1.807, 2.05) is 83.4 Å². The van der Waals surface area contributed by atoms with Crippen molar-refractivity contribution in [2.75, 3.05) is 26.2 Å². The first-order valence-corrected chi connectivity index (χ1v) is 13.3. The number of hydrogen-bond donors (Lipinski definition) is 0. The Balaban J connectivity index is 1.15. The first-order valence-electron chi connectivity index (χ1n) is 11.8. The second kappa shape index (κ2) is 8.89. The third-order valence-electron chi connectivity index (χ3n) is 6.73. The number of aromatic nitrogens is 2. The SMILES string of the molecule is O=C(c1ccc(-n2cnc3ccccc32)cc1)N1CCN(S(=O)(=O)c2ccc3ccccc3c2)CC1. The Labute approximate surface area is 209 Å². The summed E-state index contributed by atoms with van der Waals surface area (Å²) in [6, 6.07) is 28.2. The molecule has 0 radical (unpaired) electrons. The zero-order chi connectivity index (χ0) is 24.7. The lowest BCUT2D eigenvalue weighted by Gasteiger charge is -2.34. The van der Waals surface area contributed by atoms with Crippen molar-refractivity contribution in [2.45, 2.75) is 4.90 Å². The smallest absolute Gasteiger partial charge is 0.253 e. The third kappa shape index (κ3) is 3.94. The highest BCUT2D eigenvalue weighted by molar-refractivity contribution is 7.89. The van der Waals surface area contributed by atoms with E-state index in [-0.39, 0.29) is 23.9 Å². The van der Waals surface area contributed by atoms with Crippen LogP contribution < -0.4 is 0 Å². The molecule has 2 heterocycles. The summed E-state index contributed by atoms with van der Waals surface area (Å²) in [4.78, 5) is 19.5. The Morgan fingerprint density at radius 1 is 0.750 bits per heavy atom. The molecule has 0 N–H and O–H groups in total. The van der Waals surface area contributed by atoms with Crippen LogP contribution in [0.1, 0.15) is 10.4 Å². The molecule has 0 atom stereocenters. The van der Waals surface area contributed by atoms with Crippen molar-refractivity contribution in [1.29, 1.82) is 0 Å². The number of imidazole rings is 1. The molecule has 0 aliphatic carbocycles. The summed E-state index contributed by atoms with van der Waals surface area (Å²) >= 11 is 0. The summed E-state index contributed by atoms with van der Waals surface area (Å²) in [6.45, 7) is 1.22. The number of para-hydroxylation sites is 2. The highest BCUT2D eigenvalue weighted by Gasteiger charge is 2.30. The van der Waals surface area contributed by atoms with Gasteiger partial charge in [0, 0.05) is 37.4 Å². The third-order valence-corrected chi connectivity index (χ3v) is 8.63. The van der Waals surface area contributed by atoms with Crippen LogP contribution in [0, 0.1) is 0 Å². The van der Waals surface area contributed by atoms with E-state index < -0.39 is 10.0 Å². The lowest BCUT2D eigenvalue weighted by atomic mass is 10.1. The molecular formula is C28H24N4O3S. The standard InChI is InChI=1S/C28H24N4O3S/c33-28(22-9-12-24(13-10-22)32-20-29-26-7-3-4-8-27(26)32)30-15-17-31(18-16-30)36(34,35)25-14-11-21-5-1-2-6-23(21)19-25/h1-14,19-20H,15-18H2. The second-order valence-electron chi connectivity index (χ2n) is 8.86. The van der Waals surface area contributed by atoms with Crippen LogP contribution in [0.5, 0.6) is 0 Å². The first kappa shape index (κ1) is 22.5. The van der Waals surface area contributed by atoms with Crippen molar-refractivity contribution in [3.8, 4) is 5.69 Å². The predicted octanol–water partition coefficient (Wildman–Crippen LogP) is 4.33. The van der Waals surface area contributed by atoms with Crippen molar-refractivity contribution < 1.29 is 13.2 Å². The van der Waals surface area contributed by atoms with E-state index in [9.17, 15) is 13.2 Å². The zero-order valence-corrected chi connectivity index (χ0v) is 20.3. The average Bonchev–Trinajstić information content (AvgIpc) is 3.37. The van der Waals surface area contributed by atoms with Crippen LogP contribution in [-0.2, 0) is 10.0 Å². The zero-order valence-electron chi connectivity index (χ0n) is 19.5. The van der Waals surface area contributed by atoms with Crippen molar-refractivity contribution in [3.63, 3.8) is 0 Å². The molecule has 1 aliphatic heterocycles. The van der Waals surface area contributed by atoms with Crippen molar-refractivity contribution in [2.24, 2.45) is 0 Å². The maximum absolute atomic E-state index is 13.2. The molecule has 0 bridgehead atoms. The summed E-state index contributed by atoms with van der Waals surface area (Å²) in [5.74, 6) is -0.0974. The average molecular weight is 497 g/mol.